The molecule has 1 atom stereocenters. The van der Waals surface area contributed by atoms with E-state index in [1.807, 2.05) is 6.92 Å². The zero-order valence-electron chi connectivity index (χ0n) is 12.4. The van der Waals surface area contributed by atoms with E-state index in [1.165, 1.54) is 23.9 Å². The van der Waals surface area contributed by atoms with Gasteiger partial charge < -0.3 is 9.67 Å². The van der Waals surface area contributed by atoms with Gasteiger partial charge >= 0.3 is 6.18 Å². The summed E-state index contributed by atoms with van der Waals surface area (Å²) in [7, 11) is 0. The molecule has 0 aliphatic heterocycles. The smallest absolute Gasteiger partial charge is 0.388 e. The van der Waals surface area contributed by atoms with Crippen LogP contribution in [0.4, 0.5) is 13.2 Å². The second-order valence-corrected chi connectivity index (χ2v) is 6.56. The van der Waals surface area contributed by atoms with Gasteiger partial charge in [0.1, 0.15) is 5.82 Å². The minimum atomic E-state index is -4.36. The lowest BCUT2D eigenvalue weighted by atomic mass is 10.1. The first kappa shape index (κ1) is 16.3. The number of hydrogen-bond acceptors (Lipinski definition) is 4. The summed E-state index contributed by atoms with van der Waals surface area (Å²) in [5.41, 5.74) is -0.259. The summed E-state index contributed by atoms with van der Waals surface area (Å²) in [5.74, 6) is 1.16. The fraction of sp³-hybridized carbons (Fsp3) is 0.467. The molecule has 23 heavy (non-hydrogen) atoms. The second kappa shape index (κ2) is 6.16. The maximum Gasteiger partial charge on any atom is 0.416 e. The van der Waals surface area contributed by atoms with Crippen molar-refractivity contribution in [2.45, 2.75) is 43.2 Å². The summed E-state index contributed by atoms with van der Waals surface area (Å²) in [6, 6.07) is 5.03. The van der Waals surface area contributed by atoms with E-state index in [9.17, 15) is 18.3 Å². The molecule has 0 bridgehead atoms. The van der Waals surface area contributed by atoms with Gasteiger partial charge in [-0.25, -0.2) is 0 Å². The van der Waals surface area contributed by atoms with Crippen molar-refractivity contribution in [2.75, 3.05) is 5.75 Å². The Kier molecular flexibility index (Phi) is 4.37. The normalized spacial score (nSPS) is 16.6. The number of thioether (sulfide) groups is 1. The van der Waals surface area contributed by atoms with Crippen LogP contribution >= 0.6 is 11.8 Å². The Labute approximate surface area is 135 Å². The van der Waals surface area contributed by atoms with Crippen LogP contribution in [0.3, 0.4) is 0 Å². The van der Waals surface area contributed by atoms with Crippen LogP contribution in [-0.2, 0) is 6.18 Å². The van der Waals surface area contributed by atoms with E-state index in [2.05, 4.69) is 14.8 Å². The molecular formula is C15H16F3N3OS. The van der Waals surface area contributed by atoms with E-state index in [1.54, 1.807) is 0 Å². The van der Waals surface area contributed by atoms with Crippen molar-refractivity contribution in [2.24, 2.45) is 0 Å². The molecule has 0 radical (unpaired) electrons. The number of aliphatic hydroxyl groups excluding tert-OH is 1. The van der Waals surface area contributed by atoms with Gasteiger partial charge in [-0.1, -0.05) is 23.9 Å². The fourth-order valence-corrected chi connectivity index (χ4v) is 3.36. The molecule has 1 aliphatic rings. The average molecular weight is 343 g/mol. The summed E-state index contributed by atoms with van der Waals surface area (Å²) in [6.07, 6.45) is -3.01. The Morgan fingerprint density at radius 2 is 1.91 bits per heavy atom. The van der Waals surface area contributed by atoms with Crippen molar-refractivity contribution in [3.63, 3.8) is 0 Å². The highest BCUT2D eigenvalue weighted by molar-refractivity contribution is 7.99. The zero-order chi connectivity index (χ0) is 16.6. The number of nitrogens with zero attached hydrogens (tertiary/aromatic N) is 3. The largest absolute Gasteiger partial charge is 0.416 e. The van der Waals surface area contributed by atoms with Gasteiger partial charge in [-0.2, -0.15) is 13.2 Å². The quantitative estimate of drug-likeness (QED) is 0.840. The van der Waals surface area contributed by atoms with E-state index in [0.717, 1.165) is 36.0 Å². The number of hydrogen-bond donors (Lipinski definition) is 1. The number of benzene rings is 1. The van der Waals surface area contributed by atoms with Crippen LogP contribution in [0, 0.1) is 6.92 Å². The zero-order valence-corrected chi connectivity index (χ0v) is 13.2. The van der Waals surface area contributed by atoms with Gasteiger partial charge in [0.05, 0.1) is 11.7 Å². The third-order valence-corrected chi connectivity index (χ3v) is 4.76. The molecule has 1 unspecified atom stereocenters. The number of aromatic nitrogens is 3. The van der Waals surface area contributed by atoms with Crippen LogP contribution in [0.15, 0.2) is 29.4 Å². The van der Waals surface area contributed by atoms with Crippen LogP contribution < -0.4 is 0 Å². The van der Waals surface area contributed by atoms with Crippen molar-refractivity contribution in [3.05, 3.63) is 41.2 Å². The Hall–Kier alpha value is -1.54. The lowest BCUT2D eigenvalue weighted by Crippen LogP contribution is -2.07. The molecule has 3 rings (SSSR count). The molecule has 0 saturated heterocycles. The third kappa shape index (κ3) is 3.69. The maximum absolute atomic E-state index is 12.5. The predicted molar refractivity (Wildman–Crippen MR) is 80.2 cm³/mol. The standard InChI is InChI=1S/C15H16F3N3OS/c1-9-19-20-14(21(9)12-6-7-12)23-8-13(22)10-2-4-11(5-3-10)15(16,17)18/h2-5,12-13,22H,6-8H2,1H3. The van der Waals surface area contributed by atoms with E-state index in [-0.39, 0.29) is 0 Å². The lowest BCUT2D eigenvalue weighted by molar-refractivity contribution is -0.137. The predicted octanol–water partition coefficient (Wildman–Crippen LogP) is 3.77. The Morgan fingerprint density at radius 1 is 1.26 bits per heavy atom. The second-order valence-electron chi connectivity index (χ2n) is 5.58. The van der Waals surface area contributed by atoms with Gasteiger partial charge in [0.15, 0.2) is 5.16 Å². The lowest BCUT2D eigenvalue weighted by Gasteiger charge is -2.13. The van der Waals surface area contributed by atoms with Crippen molar-refractivity contribution in [1.29, 1.82) is 0 Å². The average Bonchev–Trinajstić information content (AvgIpc) is 3.27. The molecule has 8 heteroatoms. The molecule has 4 nitrogen and oxygen atoms in total. The highest BCUT2D eigenvalue weighted by Crippen LogP contribution is 2.39. The molecule has 1 aromatic heterocycles. The van der Waals surface area contributed by atoms with E-state index in [4.69, 9.17) is 0 Å². The molecule has 1 fully saturated rings. The molecule has 124 valence electrons. The molecule has 1 saturated carbocycles. The summed E-state index contributed by atoms with van der Waals surface area (Å²) in [5, 5.41) is 19.1. The van der Waals surface area contributed by atoms with E-state index in [0.29, 0.717) is 17.4 Å². The van der Waals surface area contributed by atoms with Crippen molar-refractivity contribution in [3.8, 4) is 0 Å². The Bertz CT molecular complexity index is 680. The molecule has 0 amide bonds. The van der Waals surface area contributed by atoms with Crippen molar-refractivity contribution < 1.29 is 18.3 Å². The van der Waals surface area contributed by atoms with E-state index >= 15 is 0 Å². The third-order valence-electron chi connectivity index (χ3n) is 3.74. The number of aliphatic hydroxyl groups is 1. The topological polar surface area (TPSA) is 50.9 Å². The molecule has 0 spiro atoms. The van der Waals surface area contributed by atoms with Crippen molar-refractivity contribution >= 4 is 11.8 Å². The van der Waals surface area contributed by atoms with Crippen molar-refractivity contribution in [1.82, 2.24) is 14.8 Å². The number of aryl methyl sites for hydroxylation is 1. The number of halogens is 3. The summed E-state index contributed by atoms with van der Waals surface area (Å²) in [4.78, 5) is 0. The first-order valence-corrected chi connectivity index (χ1v) is 8.24. The Balaban J connectivity index is 1.64. The molecule has 1 aromatic carbocycles. The van der Waals surface area contributed by atoms with Crippen LogP contribution in [0.25, 0.3) is 0 Å². The number of alkyl halides is 3. The van der Waals surface area contributed by atoms with Crippen LogP contribution in [0.1, 0.15) is 41.9 Å². The summed E-state index contributed by atoms with van der Waals surface area (Å²) in [6.45, 7) is 1.89. The molecular weight excluding hydrogens is 327 g/mol. The molecule has 2 aromatic rings. The first-order chi connectivity index (χ1) is 10.9. The van der Waals surface area contributed by atoms with Gasteiger partial charge in [0.25, 0.3) is 0 Å². The highest BCUT2D eigenvalue weighted by atomic mass is 32.2. The van der Waals surface area contributed by atoms with Gasteiger partial charge in [-0.15, -0.1) is 10.2 Å². The van der Waals surface area contributed by atoms with Crippen LogP contribution in [0.5, 0.6) is 0 Å². The fourth-order valence-electron chi connectivity index (χ4n) is 2.35. The van der Waals surface area contributed by atoms with Crippen LogP contribution in [-0.4, -0.2) is 25.6 Å². The molecule has 1 N–H and O–H groups in total. The highest BCUT2D eigenvalue weighted by Gasteiger charge is 2.30. The minimum absolute atomic E-state index is 0.316. The van der Waals surface area contributed by atoms with E-state index < -0.39 is 17.8 Å². The van der Waals surface area contributed by atoms with Gasteiger partial charge in [0, 0.05) is 11.8 Å². The molecule has 1 aliphatic carbocycles. The van der Waals surface area contributed by atoms with Gasteiger partial charge in [-0.05, 0) is 37.5 Å². The summed E-state index contributed by atoms with van der Waals surface area (Å²) < 4.78 is 39.7. The minimum Gasteiger partial charge on any atom is -0.388 e. The molecule has 1 heterocycles. The Morgan fingerprint density at radius 3 is 2.48 bits per heavy atom. The number of rotatable bonds is 5. The monoisotopic (exact) mass is 343 g/mol. The first-order valence-electron chi connectivity index (χ1n) is 7.26. The SMILES string of the molecule is Cc1nnc(SCC(O)c2ccc(C(F)(F)F)cc2)n1C1CC1. The maximum atomic E-state index is 12.5. The van der Waals surface area contributed by atoms with Gasteiger partial charge in [-0.3, -0.25) is 0 Å². The van der Waals surface area contributed by atoms with Crippen LogP contribution in [0.2, 0.25) is 0 Å². The van der Waals surface area contributed by atoms with Gasteiger partial charge in [0.2, 0.25) is 0 Å². The summed E-state index contributed by atoms with van der Waals surface area (Å²) >= 11 is 1.37.